The lowest BCUT2D eigenvalue weighted by Gasteiger charge is -2.36. The topological polar surface area (TPSA) is 293 Å². The van der Waals surface area contributed by atoms with Crippen LogP contribution < -0.4 is 0 Å². The van der Waals surface area contributed by atoms with Gasteiger partial charge >= 0.3 is 35.8 Å². The van der Waals surface area contributed by atoms with E-state index in [0.717, 1.165) is 33.4 Å². The third-order valence-corrected chi connectivity index (χ3v) is 13.5. The van der Waals surface area contributed by atoms with Gasteiger partial charge in [0.25, 0.3) is 0 Å². The molecule has 6 unspecified atom stereocenters. The number of ether oxygens (including phenoxy) is 6. The molecule has 0 radical (unpaired) electrons. The first-order valence-corrected chi connectivity index (χ1v) is 26.0. The summed E-state index contributed by atoms with van der Waals surface area (Å²) in [6, 6.07) is 0. The normalized spacial score (nSPS) is 23.1. The van der Waals surface area contributed by atoms with Crippen LogP contribution in [0.2, 0.25) is 0 Å². The van der Waals surface area contributed by atoms with Crippen LogP contribution in [0.25, 0.3) is 0 Å². The Balaban J connectivity index is 1.20. The number of carbonyl (C=O) groups is 8. The summed E-state index contributed by atoms with van der Waals surface area (Å²) >= 11 is 0. The molecule has 0 aromatic carbocycles. The monoisotopic (exact) mass is 1110 g/mol. The van der Waals surface area contributed by atoms with Gasteiger partial charge in [-0.05, 0) is 81.6 Å². The van der Waals surface area contributed by atoms with Crippen molar-refractivity contribution in [1.82, 2.24) is 0 Å². The van der Waals surface area contributed by atoms with E-state index in [-0.39, 0.29) is 42.8 Å². The number of aliphatic hydroxyl groups excluding tert-OH is 5. The Labute approximate surface area is 466 Å². The molecule has 6 atom stereocenters. The van der Waals surface area contributed by atoms with Crippen molar-refractivity contribution in [1.29, 1.82) is 0 Å². The molecule has 5 N–H and O–H groups in total. The van der Waals surface area contributed by atoms with Gasteiger partial charge in [-0.15, -0.1) is 0 Å². The highest BCUT2D eigenvalue weighted by Gasteiger charge is 2.43. The number of allylic oxidation sites excluding steroid dienone is 20. The second-order valence-corrected chi connectivity index (χ2v) is 21.2. The molecule has 2 aliphatic heterocycles. The average Bonchev–Trinajstić information content (AvgIpc) is 3.82. The van der Waals surface area contributed by atoms with E-state index in [2.05, 4.69) is 4.74 Å². The predicted molar refractivity (Wildman–Crippen MR) is 292 cm³/mol. The van der Waals surface area contributed by atoms with Crippen LogP contribution in [0.4, 0.5) is 0 Å². The zero-order valence-electron chi connectivity index (χ0n) is 47.2. The molecule has 80 heavy (non-hydrogen) atoms. The average molecular weight is 1110 g/mol. The van der Waals surface area contributed by atoms with Crippen LogP contribution in [0.1, 0.15) is 115 Å². The lowest BCUT2D eigenvalue weighted by atomic mass is 9.71. The van der Waals surface area contributed by atoms with E-state index in [4.69, 9.17) is 23.7 Å². The van der Waals surface area contributed by atoms with E-state index < -0.39 is 127 Å². The number of esters is 6. The molecule has 4 aliphatic rings. The molecule has 0 spiro atoms. The Kier molecular flexibility index (Phi) is 23.3. The second kappa shape index (κ2) is 28.8. The molecule has 0 aromatic heterocycles. The number of aliphatic hydroxyl groups is 5. The number of rotatable bonds is 24. The molecule has 19 heteroatoms. The van der Waals surface area contributed by atoms with Crippen molar-refractivity contribution in [3.63, 3.8) is 0 Å². The summed E-state index contributed by atoms with van der Waals surface area (Å²) in [5.41, 5.74) is 5.29. The molecule has 0 fully saturated rings. The smallest absolute Gasteiger partial charge is 0.377 e. The van der Waals surface area contributed by atoms with Crippen LogP contribution in [-0.2, 0) is 66.8 Å². The maximum atomic E-state index is 13.3. The molecule has 19 nitrogen and oxygen atoms in total. The van der Waals surface area contributed by atoms with E-state index in [0.29, 0.717) is 11.1 Å². The number of ketones is 2. The number of cyclic esters (lactones) is 2. The summed E-state index contributed by atoms with van der Waals surface area (Å²) in [6.07, 6.45) is 17.8. The zero-order chi connectivity index (χ0) is 59.8. The maximum Gasteiger partial charge on any atom is 0.377 e. The molecule has 0 saturated heterocycles. The minimum absolute atomic E-state index is 0.0502. The predicted octanol–water partition coefficient (Wildman–Crippen LogP) is 8.39. The summed E-state index contributed by atoms with van der Waals surface area (Å²) in [5.74, 6) is -8.35. The van der Waals surface area contributed by atoms with Crippen LogP contribution in [0.3, 0.4) is 0 Å². The van der Waals surface area contributed by atoms with E-state index >= 15 is 0 Å². The van der Waals surface area contributed by atoms with Crippen molar-refractivity contribution in [2.45, 2.75) is 151 Å². The molecule has 432 valence electrons. The summed E-state index contributed by atoms with van der Waals surface area (Å²) < 4.78 is 30.4. The highest BCUT2D eigenvalue weighted by atomic mass is 16.6. The van der Waals surface area contributed by atoms with Gasteiger partial charge in [-0.1, -0.05) is 135 Å². The fraction of sp³-hybridized carbons (Fsp3) is 0.443. The quantitative estimate of drug-likeness (QED) is 0.0344. The van der Waals surface area contributed by atoms with Crippen molar-refractivity contribution in [3.8, 4) is 0 Å². The molecule has 0 bridgehead atoms. The third kappa shape index (κ3) is 18.3. The Morgan fingerprint density at radius 3 is 1.24 bits per heavy atom. The molecule has 2 heterocycles. The van der Waals surface area contributed by atoms with Gasteiger partial charge in [-0.25, -0.2) is 9.59 Å². The number of Topliss-reactive ketones (excluding diaryl/α,β-unsaturated/α-hetero) is 2. The van der Waals surface area contributed by atoms with Gasteiger partial charge in [0.15, 0.2) is 41.7 Å². The Morgan fingerprint density at radius 1 is 0.525 bits per heavy atom. The van der Waals surface area contributed by atoms with Gasteiger partial charge in [0.05, 0.1) is 31.3 Å². The van der Waals surface area contributed by atoms with Crippen molar-refractivity contribution >= 4 is 47.4 Å². The number of carbonyl (C=O) groups excluding carboxylic acids is 8. The van der Waals surface area contributed by atoms with Gasteiger partial charge < -0.3 is 54.0 Å². The minimum atomic E-state index is -1.66. The first-order valence-electron chi connectivity index (χ1n) is 26.0. The molecule has 2 aliphatic carbocycles. The van der Waals surface area contributed by atoms with Crippen LogP contribution in [0.5, 0.6) is 0 Å². The fourth-order valence-electron chi connectivity index (χ4n) is 8.84. The van der Waals surface area contributed by atoms with E-state index in [9.17, 15) is 63.9 Å². The van der Waals surface area contributed by atoms with Gasteiger partial charge in [-0.2, -0.15) is 0 Å². The third-order valence-electron chi connectivity index (χ3n) is 13.5. The summed E-state index contributed by atoms with van der Waals surface area (Å²) in [4.78, 5) is 99.4. The van der Waals surface area contributed by atoms with Crippen LogP contribution in [0.15, 0.2) is 152 Å². The summed E-state index contributed by atoms with van der Waals surface area (Å²) in [5, 5.41) is 49.3. The SMILES string of the molecule is CC1=C(O)C(C(O)COC(=O)CCC(=O)OC2CC(C)(C)C(/C=C/C(C)=C/C=C/C(C)=C/C=C/C=C(C)/C=C/C=C(C)/C=C/C3=C(C)C(=O)C(OC(=O)CCC(=O)OCC(O)C4OC(=O)C(O)=C4O)CC3(C)C)=C(C)C2=O)OC1=O. The molecule has 4 rings (SSSR count). The van der Waals surface area contributed by atoms with E-state index in [1.807, 2.05) is 140 Å². The van der Waals surface area contributed by atoms with Gasteiger partial charge in [0.1, 0.15) is 31.2 Å². The number of hydrogen-bond donors (Lipinski definition) is 5. The van der Waals surface area contributed by atoms with Crippen molar-refractivity contribution in [2.75, 3.05) is 13.2 Å². The van der Waals surface area contributed by atoms with Crippen LogP contribution in [-0.4, -0.2) is 123 Å². The highest BCUT2D eigenvalue weighted by Crippen LogP contribution is 2.42. The first-order chi connectivity index (χ1) is 37.4. The van der Waals surface area contributed by atoms with Crippen molar-refractivity contribution in [3.05, 3.63) is 152 Å². The van der Waals surface area contributed by atoms with Crippen LogP contribution in [0, 0.1) is 10.8 Å². The Hall–Kier alpha value is -7.90. The van der Waals surface area contributed by atoms with Crippen molar-refractivity contribution in [2.24, 2.45) is 10.8 Å². The van der Waals surface area contributed by atoms with Gasteiger partial charge in [0.2, 0.25) is 5.76 Å². The van der Waals surface area contributed by atoms with Gasteiger partial charge in [-0.3, -0.25) is 28.8 Å². The largest absolute Gasteiger partial charge is 0.508 e. The molecular formula is C61H74O19. The standard InChI is InChI=1S/C61H74O19/c1-34(18-14-20-36(3)22-24-41-38(5)51(68)45(30-60(41,8)9)77-49(66)28-26-47(64)75-32-43(62)56-53(70)40(7)58(73)79-56)16-12-13-17-35(2)19-15-21-37(4)23-25-42-39(6)52(69)46(31-61(42,10)11)78-50(67)29-27-48(65)76-33-44(63)57-54(71)55(72)59(74)80-57/h12-25,43-46,56-57,62-63,70-72H,26-33H2,1-11H3/b13-12+,18-14+,19-15+,24-22+,25-23+,34-16+,35-17+,36-20+,37-21+. The number of hydrogen-bond acceptors (Lipinski definition) is 19. The van der Waals surface area contributed by atoms with E-state index in [1.165, 1.54) is 6.92 Å². The Bertz CT molecular complexity index is 2690. The van der Waals surface area contributed by atoms with E-state index in [1.54, 1.807) is 13.8 Å². The molecule has 0 amide bonds. The summed E-state index contributed by atoms with van der Waals surface area (Å²) in [7, 11) is 0. The lowest BCUT2D eigenvalue weighted by Crippen LogP contribution is -2.39. The molecular weight excluding hydrogens is 1040 g/mol. The minimum Gasteiger partial charge on any atom is -0.508 e. The first kappa shape index (κ1) is 64.6. The van der Waals surface area contributed by atoms with Crippen molar-refractivity contribution < 1.29 is 92.3 Å². The zero-order valence-corrected chi connectivity index (χ0v) is 47.2. The molecule has 0 aromatic rings. The molecule has 0 saturated carbocycles. The second-order valence-electron chi connectivity index (χ2n) is 21.2. The lowest BCUT2D eigenvalue weighted by molar-refractivity contribution is -0.160. The Morgan fingerprint density at radius 2 is 0.875 bits per heavy atom. The summed E-state index contributed by atoms with van der Waals surface area (Å²) in [6.45, 7) is 19.1. The maximum absolute atomic E-state index is 13.3. The van der Waals surface area contributed by atoms with Crippen LogP contribution >= 0.6 is 0 Å². The van der Waals surface area contributed by atoms with Gasteiger partial charge in [0, 0.05) is 12.8 Å². The highest BCUT2D eigenvalue weighted by molar-refractivity contribution is 6.02. The fourth-order valence-corrected chi connectivity index (χ4v) is 8.84.